The van der Waals surface area contributed by atoms with Gasteiger partial charge >= 0.3 is 0 Å². The number of imide groups is 1. The van der Waals surface area contributed by atoms with Crippen LogP contribution in [0.1, 0.15) is 34.6 Å². The number of nitrogens with two attached hydrogens (primary N) is 1. The number of nitrogens with one attached hydrogen (secondary N) is 1. The van der Waals surface area contributed by atoms with Crippen LogP contribution in [0.15, 0.2) is 23.0 Å². The van der Waals surface area contributed by atoms with E-state index in [0.29, 0.717) is 56.7 Å². The van der Waals surface area contributed by atoms with Crippen LogP contribution in [0.5, 0.6) is 11.5 Å². The summed E-state index contributed by atoms with van der Waals surface area (Å²) in [5, 5.41) is 2.17. The third kappa shape index (κ3) is 3.59. The lowest BCUT2D eigenvalue weighted by Gasteiger charge is -2.31. The summed E-state index contributed by atoms with van der Waals surface area (Å²) in [7, 11) is 0. The van der Waals surface area contributed by atoms with Gasteiger partial charge in [0.2, 0.25) is 0 Å². The van der Waals surface area contributed by atoms with E-state index >= 15 is 0 Å². The Kier molecular flexibility index (Phi) is 5.55. The molecule has 10 heteroatoms. The Hall–Kier alpha value is -3.53. The van der Waals surface area contributed by atoms with Gasteiger partial charge in [0.05, 0.1) is 48.9 Å². The van der Waals surface area contributed by atoms with Gasteiger partial charge in [0.25, 0.3) is 17.4 Å². The first kappa shape index (κ1) is 20.7. The smallest absolute Gasteiger partial charge is 0.262 e. The first-order chi connectivity index (χ1) is 15.0. The molecule has 1 fully saturated rings. The van der Waals surface area contributed by atoms with Crippen molar-refractivity contribution in [2.45, 2.75) is 13.8 Å². The average Bonchev–Trinajstić information content (AvgIpc) is 3.03. The van der Waals surface area contributed by atoms with Crippen LogP contribution >= 0.6 is 0 Å². The van der Waals surface area contributed by atoms with Crippen molar-refractivity contribution in [1.82, 2.24) is 9.88 Å². The minimum atomic E-state index is -0.640. The minimum Gasteiger partial charge on any atom is -0.492 e. The highest BCUT2D eigenvalue weighted by Gasteiger charge is 2.32. The Balaban J connectivity index is 1.93. The molecule has 1 saturated heterocycles. The summed E-state index contributed by atoms with van der Waals surface area (Å²) in [6.45, 7) is 7.02. The predicted molar refractivity (Wildman–Crippen MR) is 114 cm³/mol. The number of hydrogen-bond donors (Lipinski definition) is 2. The first-order valence-electron chi connectivity index (χ1n) is 10.1. The molecule has 0 radical (unpaired) electrons. The van der Waals surface area contributed by atoms with Gasteiger partial charge in [-0.25, -0.2) is 0 Å². The Morgan fingerprint density at radius 3 is 2.23 bits per heavy atom. The van der Waals surface area contributed by atoms with Crippen LogP contribution in [0.4, 0.5) is 11.5 Å². The summed E-state index contributed by atoms with van der Waals surface area (Å²) in [6.07, 6.45) is 0. The summed E-state index contributed by atoms with van der Waals surface area (Å²) in [6, 6.07) is 4.59. The second-order valence-electron chi connectivity index (χ2n) is 7.03. The van der Waals surface area contributed by atoms with E-state index in [2.05, 4.69) is 10.2 Å². The maximum Gasteiger partial charge on any atom is 0.262 e. The molecule has 10 nitrogen and oxygen atoms in total. The molecule has 0 atom stereocenters. The van der Waals surface area contributed by atoms with Crippen LogP contribution < -0.4 is 31.0 Å². The highest BCUT2D eigenvalue weighted by atomic mass is 16.5. The molecule has 2 aliphatic heterocycles. The van der Waals surface area contributed by atoms with Gasteiger partial charge in [-0.2, -0.15) is 0 Å². The van der Waals surface area contributed by atoms with Gasteiger partial charge in [0, 0.05) is 31.3 Å². The lowest BCUT2D eigenvalue weighted by atomic mass is 10.1. The van der Waals surface area contributed by atoms with E-state index in [4.69, 9.17) is 19.9 Å². The fourth-order valence-electron chi connectivity index (χ4n) is 3.83. The zero-order valence-corrected chi connectivity index (χ0v) is 17.4. The zero-order valence-electron chi connectivity index (χ0n) is 17.4. The van der Waals surface area contributed by atoms with Gasteiger partial charge in [0.15, 0.2) is 0 Å². The Morgan fingerprint density at radius 2 is 1.58 bits per heavy atom. The Morgan fingerprint density at radius 1 is 0.968 bits per heavy atom. The minimum absolute atomic E-state index is 0.0257. The molecule has 1 aromatic heterocycles. The van der Waals surface area contributed by atoms with Gasteiger partial charge in [0.1, 0.15) is 17.3 Å². The number of nitrogens with zero attached hydrogens (tertiary/aromatic N) is 2. The topological polar surface area (TPSA) is 125 Å². The standard InChI is InChI=1S/C21H24N4O6/c1-3-30-15-11-14(16(31-4-2)10-13(15)24-5-7-29-8-6-24)25-17(26)9-12-18(19(25)22)21(28)23-20(12)27/h9-11H,3-8,22H2,1-2H3,(H,23,27,28). The van der Waals surface area contributed by atoms with E-state index in [9.17, 15) is 14.4 Å². The number of carbonyl (C=O) groups excluding carboxylic acids is 2. The van der Waals surface area contributed by atoms with Gasteiger partial charge in [-0.1, -0.05) is 0 Å². The highest BCUT2D eigenvalue weighted by Crippen LogP contribution is 2.39. The number of hydrogen-bond acceptors (Lipinski definition) is 8. The lowest BCUT2D eigenvalue weighted by molar-refractivity contribution is 0.0880. The third-order valence-electron chi connectivity index (χ3n) is 5.19. The zero-order chi connectivity index (χ0) is 22.1. The fourth-order valence-corrected chi connectivity index (χ4v) is 3.83. The van der Waals surface area contributed by atoms with E-state index in [1.165, 1.54) is 4.57 Å². The molecule has 3 heterocycles. The summed E-state index contributed by atoms with van der Waals surface area (Å²) >= 11 is 0. The SMILES string of the molecule is CCOc1cc(-n2c(N)c3c(cc2=O)C(=O)NC3=O)c(OCC)cc1N1CCOCC1. The number of amides is 2. The largest absolute Gasteiger partial charge is 0.492 e. The summed E-state index contributed by atoms with van der Waals surface area (Å²) in [4.78, 5) is 39.3. The molecule has 164 valence electrons. The summed E-state index contributed by atoms with van der Waals surface area (Å²) < 4.78 is 18.3. The number of carbonyl (C=O) groups is 2. The molecule has 3 N–H and O–H groups in total. The van der Waals surface area contributed by atoms with E-state index < -0.39 is 17.4 Å². The van der Waals surface area contributed by atoms with Gasteiger partial charge in [-0.15, -0.1) is 0 Å². The quantitative estimate of drug-likeness (QED) is 0.651. The first-order valence-corrected chi connectivity index (χ1v) is 10.1. The van der Waals surface area contributed by atoms with Crippen molar-refractivity contribution in [3.63, 3.8) is 0 Å². The number of rotatable bonds is 6. The highest BCUT2D eigenvalue weighted by molar-refractivity contribution is 6.23. The number of pyridine rings is 1. The maximum atomic E-state index is 12.9. The van der Waals surface area contributed by atoms with Crippen LogP contribution in [0.25, 0.3) is 5.69 Å². The second kappa shape index (κ2) is 8.31. The van der Waals surface area contributed by atoms with Gasteiger partial charge < -0.3 is 24.8 Å². The van der Waals surface area contributed by atoms with Crippen molar-refractivity contribution in [3.05, 3.63) is 39.7 Å². The molecular formula is C21H24N4O6. The van der Waals surface area contributed by atoms with Gasteiger partial charge in [-0.3, -0.25) is 24.3 Å². The molecule has 0 saturated carbocycles. The number of aromatic nitrogens is 1. The Bertz CT molecular complexity index is 1100. The van der Waals surface area contributed by atoms with Crippen molar-refractivity contribution >= 4 is 23.3 Å². The van der Waals surface area contributed by atoms with Crippen molar-refractivity contribution < 1.29 is 23.8 Å². The molecule has 0 unspecified atom stereocenters. The molecule has 2 aromatic rings. The van der Waals surface area contributed by atoms with E-state index in [1.807, 2.05) is 13.8 Å². The molecule has 0 bridgehead atoms. The summed E-state index contributed by atoms with van der Waals surface area (Å²) in [5.74, 6) is -0.452. The molecule has 1 aromatic carbocycles. The molecule has 0 spiro atoms. The third-order valence-corrected chi connectivity index (χ3v) is 5.19. The van der Waals surface area contributed by atoms with Crippen LogP contribution in [0.3, 0.4) is 0 Å². The van der Waals surface area contributed by atoms with E-state index in [-0.39, 0.29) is 16.9 Å². The monoisotopic (exact) mass is 428 g/mol. The van der Waals surface area contributed by atoms with Crippen molar-refractivity contribution in [1.29, 1.82) is 0 Å². The normalized spacial score (nSPS) is 15.6. The van der Waals surface area contributed by atoms with Gasteiger partial charge in [-0.05, 0) is 13.8 Å². The fraction of sp³-hybridized carbons (Fsp3) is 0.381. The summed E-state index contributed by atoms with van der Waals surface area (Å²) in [5.41, 5.74) is 6.76. The van der Waals surface area contributed by atoms with E-state index in [1.54, 1.807) is 12.1 Å². The van der Waals surface area contributed by atoms with Crippen LogP contribution in [0.2, 0.25) is 0 Å². The second-order valence-corrected chi connectivity index (χ2v) is 7.03. The molecule has 4 rings (SSSR count). The number of morpholine rings is 1. The number of nitrogen functional groups attached to an aromatic ring is 1. The Labute approximate surface area is 178 Å². The van der Waals surface area contributed by atoms with Crippen LogP contribution in [-0.2, 0) is 4.74 Å². The molecule has 31 heavy (non-hydrogen) atoms. The van der Waals surface area contributed by atoms with Crippen LogP contribution in [0, 0.1) is 0 Å². The molecule has 2 aliphatic rings. The van der Waals surface area contributed by atoms with Crippen LogP contribution in [-0.4, -0.2) is 55.9 Å². The number of ether oxygens (including phenoxy) is 3. The van der Waals surface area contributed by atoms with Crippen molar-refractivity contribution in [2.24, 2.45) is 0 Å². The lowest BCUT2D eigenvalue weighted by Crippen LogP contribution is -2.36. The molecule has 2 amide bonds. The number of anilines is 2. The molecular weight excluding hydrogens is 404 g/mol. The number of fused-ring (bicyclic) bond motifs is 1. The van der Waals surface area contributed by atoms with Crippen molar-refractivity contribution in [3.8, 4) is 17.2 Å². The number of benzene rings is 1. The maximum absolute atomic E-state index is 12.9. The average molecular weight is 428 g/mol. The van der Waals surface area contributed by atoms with Crippen molar-refractivity contribution in [2.75, 3.05) is 50.2 Å². The van der Waals surface area contributed by atoms with E-state index in [0.717, 1.165) is 11.8 Å². The predicted octanol–water partition coefficient (Wildman–Crippen LogP) is 0.937. The molecule has 0 aliphatic carbocycles.